The van der Waals surface area contributed by atoms with Crippen LogP contribution in [0.5, 0.6) is 0 Å². The Labute approximate surface area is 92.6 Å². The van der Waals surface area contributed by atoms with Gasteiger partial charge in [-0.25, -0.2) is 14.4 Å². The van der Waals surface area contributed by atoms with Crippen molar-refractivity contribution >= 4 is 0 Å². The van der Waals surface area contributed by atoms with Crippen LogP contribution >= 0.6 is 0 Å². The lowest BCUT2D eigenvalue weighted by Gasteiger charge is -2.01. The minimum atomic E-state index is -0.240. The monoisotopic (exact) mass is 218 g/mol. The second kappa shape index (κ2) is 4.81. The van der Waals surface area contributed by atoms with Crippen LogP contribution in [0.15, 0.2) is 36.7 Å². The summed E-state index contributed by atoms with van der Waals surface area (Å²) in [5, 5.41) is 8.78. The Hall–Kier alpha value is -1.81. The summed E-state index contributed by atoms with van der Waals surface area (Å²) in [6.45, 7) is -0.156. The Bertz CT molecular complexity index is 453. The molecule has 0 saturated carbocycles. The van der Waals surface area contributed by atoms with Gasteiger partial charge in [0.1, 0.15) is 12.4 Å². The molecule has 0 bridgehead atoms. The number of hydrogen-bond acceptors (Lipinski definition) is 3. The van der Waals surface area contributed by atoms with Gasteiger partial charge in [0.25, 0.3) is 0 Å². The molecule has 1 N–H and O–H groups in total. The summed E-state index contributed by atoms with van der Waals surface area (Å²) in [7, 11) is 0. The van der Waals surface area contributed by atoms with Crippen molar-refractivity contribution in [1.29, 1.82) is 0 Å². The number of rotatable bonds is 3. The van der Waals surface area contributed by atoms with Crippen molar-refractivity contribution in [2.45, 2.75) is 13.0 Å². The van der Waals surface area contributed by atoms with Gasteiger partial charge in [0.2, 0.25) is 0 Å². The van der Waals surface area contributed by atoms with Crippen molar-refractivity contribution in [2.24, 2.45) is 0 Å². The van der Waals surface area contributed by atoms with Gasteiger partial charge in [0.05, 0.1) is 0 Å². The van der Waals surface area contributed by atoms with Gasteiger partial charge < -0.3 is 5.11 Å². The summed E-state index contributed by atoms with van der Waals surface area (Å²) in [4.78, 5) is 7.95. The number of aliphatic hydroxyl groups is 1. The highest BCUT2D eigenvalue weighted by Crippen LogP contribution is 2.08. The SMILES string of the molecule is OCc1ncc(Cc2ccc(F)cc2)cn1. The largest absolute Gasteiger partial charge is 0.388 e. The Kier molecular flexibility index (Phi) is 3.22. The number of nitrogens with zero attached hydrogens (tertiary/aromatic N) is 2. The summed E-state index contributed by atoms with van der Waals surface area (Å²) >= 11 is 0. The van der Waals surface area contributed by atoms with Crippen molar-refractivity contribution < 1.29 is 9.50 Å². The molecule has 1 aromatic heterocycles. The molecular formula is C12H11FN2O. The van der Waals surface area contributed by atoms with Crippen molar-refractivity contribution in [3.63, 3.8) is 0 Å². The predicted octanol–water partition coefficient (Wildman–Crippen LogP) is 1.70. The van der Waals surface area contributed by atoms with E-state index in [1.165, 1.54) is 12.1 Å². The fourth-order valence-corrected chi connectivity index (χ4v) is 1.39. The molecule has 1 heterocycles. The highest BCUT2D eigenvalue weighted by atomic mass is 19.1. The van der Waals surface area contributed by atoms with Crippen molar-refractivity contribution in [3.8, 4) is 0 Å². The van der Waals surface area contributed by atoms with E-state index < -0.39 is 0 Å². The third-order valence-corrected chi connectivity index (χ3v) is 2.22. The number of benzene rings is 1. The molecule has 2 rings (SSSR count). The first-order valence-electron chi connectivity index (χ1n) is 4.93. The predicted molar refractivity (Wildman–Crippen MR) is 57.2 cm³/mol. The molecule has 0 fully saturated rings. The van der Waals surface area contributed by atoms with Crippen LogP contribution in [0.3, 0.4) is 0 Å². The maximum atomic E-state index is 12.7. The molecular weight excluding hydrogens is 207 g/mol. The highest BCUT2D eigenvalue weighted by Gasteiger charge is 1.99. The molecule has 4 heteroatoms. The van der Waals surface area contributed by atoms with E-state index in [1.54, 1.807) is 24.5 Å². The lowest BCUT2D eigenvalue weighted by Crippen LogP contribution is -1.96. The zero-order valence-corrected chi connectivity index (χ0v) is 8.60. The van der Waals surface area contributed by atoms with Gasteiger partial charge in [-0.2, -0.15) is 0 Å². The van der Waals surface area contributed by atoms with Gasteiger partial charge in [-0.1, -0.05) is 12.1 Å². The molecule has 0 aliphatic heterocycles. The summed E-state index contributed by atoms with van der Waals surface area (Å²) in [5.74, 6) is 0.165. The first-order valence-corrected chi connectivity index (χ1v) is 4.93. The van der Waals surface area contributed by atoms with Crippen molar-refractivity contribution in [3.05, 3.63) is 59.4 Å². The number of halogens is 1. The van der Waals surface area contributed by atoms with E-state index in [4.69, 9.17) is 5.11 Å². The fourth-order valence-electron chi connectivity index (χ4n) is 1.39. The molecule has 3 nitrogen and oxygen atoms in total. The molecule has 82 valence electrons. The van der Waals surface area contributed by atoms with Crippen LogP contribution in [0.25, 0.3) is 0 Å². The van der Waals surface area contributed by atoms with E-state index in [0.717, 1.165) is 11.1 Å². The lowest BCUT2D eigenvalue weighted by atomic mass is 10.1. The molecule has 0 amide bonds. The van der Waals surface area contributed by atoms with Crippen LogP contribution < -0.4 is 0 Å². The van der Waals surface area contributed by atoms with Crippen LogP contribution in [0.1, 0.15) is 17.0 Å². The third kappa shape index (κ3) is 2.61. The molecule has 0 aliphatic rings. The standard InChI is InChI=1S/C12H11FN2O/c13-11-3-1-9(2-4-11)5-10-6-14-12(8-16)15-7-10/h1-4,6-7,16H,5,8H2. The Morgan fingerprint density at radius 1 is 1.00 bits per heavy atom. The first kappa shape index (κ1) is 10.7. The van der Waals surface area contributed by atoms with Crippen LogP contribution in [-0.2, 0) is 13.0 Å². The molecule has 0 atom stereocenters. The lowest BCUT2D eigenvalue weighted by molar-refractivity contribution is 0.271. The maximum absolute atomic E-state index is 12.7. The highest BCUT2D eigenvalue weighted by molar-refractivity contribution is 5.23. The number of aliphatic hydroxyl groups excluding tert-OH is 1. The average Bonchev–Trinajstić information content (AvgIpc) is 2.33. The fraction of sp³-hybridized carbons (Fsp3) is 0.167. The molecule has 0 radical (unpaired) electrons. The molecule has 2 aromatic rings. The molecule has 0 saturated heterocycles. The van der Waals surface area contributed by atoms with Gasteiger partial charge in [0, 0.05) is 18.8 Å². The van der Waals surface area contributed by atoms with Crippen LogP contribution in [0, 0.1) is 5.82 Å². The van der Waals surface area contributed by atoms with E-state index in [2.05, 4.69) is 9.97 Å². The second-order valence-corrected chi connectivity index (χ2v) is 3.47. The smallest absolute Gasteiger partial charge is 0.153 e. The van der Waals surface area contributed by atoms with Crippen LogP contribution in [0.2, 0.25) is 0 Å². The summed E-state index contributed by atoms with van der Waals surface area (Å²) in [6.07, 6.45) is 4.00. The normalized spacial score (nSPS) is 10.4. The Morgan fingerprint density at radius 3 is 2.19 bits per heavy atom. The first-order chi connectivity index (χ1) is 7.78. The molecule has 16 heavy (non-hydrogen) atoms. The molecule has 1 aromatic carbocycles. The van der Waals surface area contributed by atoms with Gasteiger partial charge >= 0.3 is 0 Å². The molecule has 0 spiro atoms. The van der Waals surface area contributed by atoms with Gasteiger partial charge in [-0.15, -0.1) is 0 Å². The zero-order chi connectivity index (χ0) is 11.4. The average molecular weight is 218 g/mol. The van der Waals surface area contributed by atoms with E-state index in [9.17, 15) is 4.39 Å². The summed E-state index contributed by atoms with van der Waals surface area (Å²) in [6, 6.07) is 6.32. The summed E-state index contributed by atoms with van der Waals surface area (Å²) in [5.41, 5.74) is 1.94. The third-order valence-electron chi connectivity index (χ3n) is 2.22. The minimum Gasteiger partial charge on any atom is -0.388 e. The topological polar surface area (TPSA) is 46.0 Å². The van der Waals surface area contributed by atoms with Gasteiger partial charge in [-0.3, -0.25) is 0 Å². The van der Waals surface area contributed by atoms with Crippen molar-refractivity contribution in [2.75, 3.05) is 0 Å². The van der Waals surface area contributed by atoms with E-state index in [1.807, 2.05) is 0 Å². The zero-order valence-electron chi connectivity index (χ0n) is 8.60. The van der Waals surface area contributed by atoms with E-state index >= 15 is 0 Å². The molecule has 0 unspecified atom stereocenters. The number of hydrogen-bond donors (Lipinski definition) is 1. The Morgan fingerprint density at radius 2 is 1.62 bits per heavy atom. The summed E-state index contributed by atoms with van der Waals surface area (Å²) < 4.78 is 12.7. The maximum Gasteiger partial charge on any atom is 0.153 e. The van der Waals surface area contributed by atoms with Gasteiger partial charge in [-0.05, 0) is 23.3 Å². The Balaban J connectivity index is 2.11. The van der Waals surface area contributed by atoms with Crippen LogP contribution in [-0.4, -0.2) is 15.1 Å². The van der Waals surface area contributed by atoms with Gasteiger partial charge in [0.15, 0.2) is 5.82 Å². The number of aromatic nitrogens is 2. The van der Waals surface area contributed by atoms with Crippen molar-refractivity contribution in [1.82, 2.24) is 9.97 Å². The van der Waals surface area contributed by atoms with E-state index in [0.29, 0.717) is 12.2 Å². The van der Waals surface area contributed by atoms with E-state index in [-0.39, 0.29) is 12.4 Å². The minimum absolute atomic E-state index is 0.156. The molecule has 0 aliphatic carbocycles. The second-order valence-electron chi connectivity index (χ2n) is 3.47. The quantitative estimate of drug-likeness (QED) is 0.852. The van der Waals surface area contributed by atoms with Crippen LogP contribution in [0.4, 0.5) is 4.39 Å².